The maximum atomic E-state index is 12.7. The summed E-state index contributed by atoms with van der Waals surface area (Å²) >= 11 is 0. The Labute approximate surface area is 199 Å². The van der Waals surface area contributed by atoms with Crippen LogP contribution >= 0.6 is 0 Å². The molecule has 2 amide bonds. The number of rotatable bonds is 7. The number of piperidine rings is 1. The van der Waals surface area contributed by atoms with Gasteiger partial charge in [0.2, 0.25) is 5.91 Å². The predicted octanol–water partition coefficient (Wildman–Crippen LogP) is 3.73. The van der Waals surface area contributed by atoms with Crippen LogP contribution in [-0.2, 0) is 14.3 Å². The van der Waals surface area contributed by atoms with E-state index < -0.39 is 12.1 Å². The van der Waals surface area contributed by atoms with Crippen molar-refractivity contribution in [2.45, 2.75) is 25.7 Å². The highest BCUT2D eigenvalue weighted by Crippen LogP contribution is 2.51. The van der Waals surface area contributed by atoms with Gasteiger partial charge in [0.15, 0.2) is 0 Å². The molecule has 2 N–H and O–H groups in total. The number of fused-ring (bicyclic) bond motifs is 4. The fraction of sp³-hybridized carbons (Fsp3) is 0.444. The van der Waals surface area contributed by atoms with Gasteiger partial charge in [-0.3, -0.25) is 9.59 Å². The van der Waals surface area contributed by atoms with E-state index in [-0.39, 0.29) is 42.1 Å². The highest BCUT2D eigenvalue weighted by atomic mass is 16.5. The Morgan fingerprint density at radius 1 is 1.06 bits per heavy atom. The Kier molecular flexibility index (Phi) is 6.02. The molecule has 2 fully saturated rings. The van der Waals surface area contributed by atoms with Crippen LogP contribution in [0.1, 0.15) is 36.8 Å². The summed E-state index contributed by atoms with van der Waals surface area (Å²) in [6.07, 6.45) is 0.600. The van der Waals surface area contributed by atoms with Gasteiger partial charge in [0.05, 0.1) is 5.92 Å². The highest BCUT2D eigenvalue weighted by Gasteiger charge is 2.57. The topological polar surface area (TPSA) is 95.9 Å². The molecular weight excluding hydrogens is 432 g/mol. The number of carbonyl (C=O) groups excluding carboxylic acids is 2. The van der Waals surface area contributed by atoms with Crippen LogP contribution in [0.2, 0.25) is 0 Å². The second kappa shape index (κ2) is 9.12. The lowest BCUT2D eigenvalue weighted by Gasteiger charge is -2.27. The number of carboxylic acid groups (broad SMARTS) is 1. The van der Waals surface area contributed by atoms with Crippen LogP contribution in [0.25, 0.3) is 11.1 Å². The first-order valence-electron chi connectivity index (χ1n) is 12.0. The van der Waals surface area contributed by atoms with Gasteiger partial charge in [-0.15, -0.1) is 0 Å². The molecule has 1 aliphatic heterocycles. The zero-order valence-electron chi connectivity index (χ0n) is 19.3. The van der Waals surface area contributed by atoms with Gasteiger partial charge in [0.1, 0.15) is 6.61 Å². The maximum absolute atomic E-state index is 12.7. The van der Waals surface area contributed by atoms with Crippen LogP contribution in [0.3, 0.4) is 0 Å². The number of hydrogen-bond donors (Lipinski definition) is 2. The molecule has 7 heteroatoms. The average Bonchev–Trinajstić information content (AvgIpc) is 3.49. The van der Waals surface area contributed by atoms with E-state index >= 15 is 0 Å². The second-order valence-corrected chi connectivity index (χ2v) is 9.84. The number of benzene rings is 2. The summed E-state index contributed by atoms with van der Waals surface area (Å²) < 4.78 is 5.56. The monoisotopic (exact) mass is 462 g/mol. The molecule has 178 valence electrons. The summed E-state index contributed by atoms with van der Waals surface area (Å²) in [6, 6.07) is 16.4. The normalized spacial score (nSPS) is 23.3. The zero-order chi connectivity index (χ0) is 23.8. The van der Waals surface area contributed by atoms with Gasteiger partial charge in [0, 0.05) is 32.0 Å². The van der Waals surface area contributed by atoms with Crippen LogP contribution in [-0.4, -0.2) is 54.2 Å². The van der Waals surface area contributed by atoms with Crippen molar-refractivity contribution in [1.29, 1.82) is 0 Å². The number of nitrogens with zero attached hydrogens (tertiary/aromatic N) is 1. The van der Waals surface area contributed by atoms with Gasteiger partial charge in [-0.1, -0.05) is 55.5 Å². The van der Waals surface area contributed by atoms with Crippen molar-refractivity contribution in [3.63, 3.8) is 0 Å². The van der Waals surface area contributed by atoms with Crippen LogP contribution < -0.4 is 5.32 Å². The van der Waals surface area contributed by atoms with Crippen LogP contribution in [0, 0.1) is 23.7 Å². The minimum Gasteiger partial charge on any atom is -0.481 e. The molecule has 2 aliphatic carbocycles. The van der Waals surface area contributed by atoms with E-state index in [0.717, 1.165) is 6.42 Å². The molecule has 5 rings (SSSR count). The zero-order valence-corrected chi connectivity index (χ0v) is 19.3. The van der Waals surface area contributed by atoms with Crippen molar-refractivity contribution in [3.8, 4) is 11.1 Å². The number of carboxylic acids is 1. The number of ether oxygens (including phenoxy) is 1. The lowest BCUT2D eigenvalue weighted by Crippen LogP contribution is -2.39. The number of hydrogen-bond acceptors (Lipinski definition) is 4. The number of amides is 2. The van der Waals surface area contributed by atoms with Gasteiger partial charge in [-0.2, -0.15) is 0 Å². The van der Waals surface area contributed by atoms with Crippen molar-refractivity contribution in [3.05, 3.63) is 59.7 Å². The van der Waals surface area contributed by atoms with E-state index in [1.807, 2.05) is 31.2 Å². The summed E-state index contributed by atoms with van der Waals surface area (Å²) in [4.78, 5) is 38.1. The summed E-state index contributed by atoms with van der Waals surface area (Å²) in [6.45, 7) is 3.68. The second-order valence-electron chi connectivity index (χ2n) is 9.84. The Morgan fingerprint density at radius 3 is 2.35 bits per heavy atom. The van der Waals surface area contributed by atoms with E-state index in [1.165, 1.54) is 22.3 Å². The molecule has 0 aromatic heterocycles. The van der Waals surface area contributed by atoms with Gasteiger partial charge in [-0.05, 0) is 46.4 Å². The van der Waals surface area contributed by atoms with Crippen molar-refractivity contribution in [1.82, 2.24) is 10.2 Å². The molecule has 1 saturated heterocycles. The Morgan fingerprint density at radius 2 is 1.71 bits per heavy atom. The van der Waals surface area contributed by atoms with E-state index in [9.17, 15) is 19.5 Å². The summed E-state index contributed by atoms with van der Waals surface area (Å²) in [7, 11) is 0. The number of alkyl carbamates (subject to hydrolysis) is 1. The molecule has 4 unspecified atom stereocenters. The minimum absolute atomic E-state index is 0.0112. The molecule has 4 atom stereocenters. The fourth-order valence-electron chi connectivity index (χ4n) is 5.74. The number of aliphatic carboxylic acids is 1. The van der Waals surface area contributed by atoms with E-state index in [0.29, 0.717) is 26.1 Å². The van der Waals surface area contributed by atoms with E-state index in [4.69, 9.17) is 4.74 Å². The molecule has 0 bridgehead atoms. The predicted molar refractivity (Wildman–Crippen MR) is 126 cm³/mol. The maximum Gasteiger partial charge on any atom is 0.407 e. The molecule has 34 heavy (non-hydrogen) atoms. The number of carbonyl (C=O) groups is 3. The van der Waals surface area contributed by atoms with Crippen LogP contribution in [0.5, 0.6) is 0 Å². The van der Waals surface area contributed by atoms with Crippen molar-refractivity contribution in [2.75, 3.05) is 26.2 Å². The smallest absolute Gasteiger partial charge is 0.407 e. The quantitative estimate of drug-likeness (QED) is 0.654. The van der Waals surface area contributed by atoms with Gasteiger partial charge in [-0.25, -0.2) is 4.79 Å². The molecule has 1 saturated carbocycles. The highest BCUT2D eigenvalue weighted by molar-refractivity contribution is 5.79. The summed E-state index contributed by atoms with van der Waals surface area (Å²) in [5.41, 5.74) is 4.70. The van der Waals surface area contributed by atoms with Crippen molar-refractivity contribution < 1.29 is 24.2 Å². The average molecular weight is 463 g/mol. The summed E-state index contributed by atoms with van der Waals surface area (Å²) in [5, 5.41) is 12.0. The first-order chi connectivity index (χ1) is 16.4. The van der Waals surface area contributed by atoms with Crippen LogP contribution in [0.15, 0.2) is 48.5 Å². The van der Waals surface area contributed by atoms with Crippen molar-refractivity contribution >= 4 is 18.0 Å². The van der Waals surface area contributed by atoms with Gasteiger partial charge < -0.3 is 20.1 Å². The summed E-state index contributed by atoms with van der Waals surface area (Å²) in [5.74, 6) is -0.706. The number of nitrogens with one attached hydrogen (secondary N) is 1. The Bertz CT molecular complexity index is 1070. The third kappa shape index (κ3) is 4.27. The molecule has 3 aliphatic rings. The number of likely N-dealkylation sites (tertiary alicyclic amines) is 1. The third-order valence-electron chi connectivity index (χ3n) is 7.59. The van der Waals surface area contributed by atoms with Crippen LogP contribution in [0.4, 0.5) is 4.79 Å². The third-order valence-corrected chi connectivity index (χ3v) is 7.59. The molecule has 0 spiro atoms. The Hall–Kier alpha value is -3.35. The van der Waals surface area contributed by atoms with E-state index in [1.54, 1.807) is 4.90 Å². The molecule has 0 radical (unpaired) electrons. The van der Waals surface area contributed by atoms with Crippen molar-refractivity contribution in [2.24, 2.45) is 23.7 Å². The molecule has 7 nitrogen and oxygen atoms in total. The fourth-order valence-corrected chi connectivity index (χ4v) is 5.74. The van der Waals surface area contributed by atoms with E-state index in [2.05, 4.69) is 29.6 Å². The first kappa shape index (κ1) is 22.4. The standard InChI is InChI=1S/C27H30N2O5/c1-16(12-24(30)29-11-10-21-22(14-29)25(21)26(31)32)13-28-27(33)34-15-23-19-8-4-2-6-17(19)18-7-3-5-9-20(18)23/h2-9,16,21-23,25H,10-15H2,1H3,(H,28,33)(H,31,32). The van der Waals surface area contributed by atoms with Gasteiger partial charge in [0.25, 0.3) is 0 Å². The SMILES string of the molecule is CC(CNC(=O)OCC1c2ccccc2-c2ccccc21)CC(=O)N1CCC2C(C1)C2C(=O)O. The molecule has 2 aromatic rings. The lowest BCUT2D eigenvalue weighted by molar-refractivity contribution is -0.139. The van der Waals surface area contributed by atoms with Gasteiger partial charge >= 0.3 is 12.1 Å². The molecule has 2 aromatic carbocycles. The first-order valence-corrected chi connectivity index (χ1v) is 12.0. The minimum atomic E-state index is -0.745. The molecule has 1 heterocycles. The molecular formula is C27H30N2O5. The Balaban J connectivity index is 1.08. The lowest BCUT2D eigenvalue weighted by atomic mass is 9.98. The largest absolute Gasteiger partial charge is 0.481 e.